The molecule has 0 aliphatic carbocycles. The quantitative estimate of drug-likeness (QED) is 0.636. The van der Waals surface area contributed by atoms with Gasteiger partial charge < -0.3 is 19.9 Å². The van der Waals surface area contributed by atoms with Crippen LogP contribution in [0.3, 0.4) is 0 Å². The number of anilines is 1. The molecule has 3 aromatic rings. The van der Waals surface area contributed by atoms with Crippen LogP contribution in [0.5, 0.6) is 0 Å². The predicted octanol–water partition coefficient (Wildman–Crippen LogP) is 4.03. The molecule has 1 amide bonds. The molecule has 1 aliphatic heterocycles. The molecule has 2 heterocycles. The smallest absolute Gasteiger partial charge is 0.247 e. The summed E-state index contributed by atoms with van der Waals surface area (Å²) in [5.41, 5.74) is 2.08. The molecule has 0 radical (unpaired) electrons. The van der Waals surface area contributed by atoms with Gasteiger partial charge in [0.1, 0.15) is 11.8 Å². The van der Waals surface area contributed by atoms with Crippen LogP contribution in [0.1, 0.15) is 35.5 Å². The Labute approximate surface area is 170 Å². The van der Waals surface area contributed by atoms with Crippen LogP contribution in [0.2, 0.25) is 0 Å². The lowest BCUT2D eigenvalue weighted by Gasteiger charge is -2.23. The number of carbonyl (C=O) groups is 1. The molecule has 0 bridgehead atoms. The maximum Gasteiger partial charge on any atom is 0.247 e. The lowest BCUT2D eigenvalue weighted by Crippen LogP contribution is -2.36. The van der Waals surface area contributed by atoms with Gasteiger partial charge in [-0.2, -0.15) is 0 Å². The lowest BCUT2D eigenvalue weighted by atomic mass is 9.94. The third-order valence-electron chi connectivity index (χ3n) is 5.20. The molecular weight excluding hydrogens is 366 g/mol. The summed E-state index contributed by atoms with van der Waals surface area (Å²) < 4.78 is 11.0. The first-order valence-corrected chi connectivity index (χ1v) is 9.90. The summed E-state index contributed by atoms with van der Waals surface area (Å²) >= 11 is 0. The van der Waals surface area contributed by atoms with Crippen molar-refractivity contribution in [2.24, 2.45) is 5.92 Å². The molecule has 29 heavy (non-hydrogen) atoms. The molecule has 1 aromatic heterocycles. The zero-order valence-electron chi connectivity index (χ0n) is 16.4. The van der Waals surface area contributed by atoms with Crippen molar-refractivity contribution in [3.05, 3.63) is 83.6 Å². The van der Waals surface area contributed by atoms with E-state index < -0.39 is 6.04 Å². The Balaban J connectivity index is 1.47. The van der Waals surface area contributed by atoms with E-state index in [4.69, 9.17) is 9.26 Å². The number of benzene rings is 2. The molecule has 1 saturated heterocycles. The molecule has 1 aliphatic rings. The third-order valence-corrected chi connectivity index (χ3v) is 5.20. The van der Waals surface area contributed by atoms with Crippen molar-refractivity contribution in [1.29, 1.82) is 0 Å². The average Bonchev–Trinajstić information content (AvgIpc) is 3.38. The summed E-state index contributed by atoms with van der Waals surface area (Å²) in [7, 11) is 0. The average molecular weight is 391 g/mol. The van der Waals surface area contributed by atoms with E-state index in [9.17, 15) is 4.79 Å². The predicted molar refractivity (Wildman–Crippen MR) is 110 cm³/mol. The zero-order chi connectivity index (χ0) is 20.1. The number of ether oxygens (including phenoxy) is 1. The van der Waals surface area contributed by atoms with Crippen LogP contribution >= 0.6 is 0 Å². The Kier molecular flexibility index (Phi) is 6.03. The van der Waals surface area contributed by atoms with Gasteiger partial charge in [-0.25, -0.2) is 0 Å². The van der Waals surface area contributed by atoms with Crippen molar-refractivity contribution in [2.75, 3.05) is 18.5 Å². The van der Waals surface area contributed by atoms with E-state index in [1.165, 1.54) is 5.56 Å². The number of aryl methyl sites for hydroxylation is 1. The van der Waals surface area contributed by atoms with Crippen LogP contribution < -0.4 is 10.6 Å². The Bertz CT molecular complexity index is 927. The molecule has 3 atom stereocenters. The second-order valence-electron chi connectivity index (χ2n) is 7.31. The number of hydrogen-bond acceptors (Lipinski definition) is 5. The largest absolute Gasteiger partial charge is 0.373 e. The summed E-state index contributed by atoms with van der Waals surface area (Å²) in [6, 6.07) is 21.2. The maximum atomic E-state index is 13.0. The lowest BCUT2D eigenvalue weighted by molar-refractivity contribution is -0.118. The Hall–Kier alpha value is -2.96. The fraction of sp³-hybridized carbons (Fsp3) is 0.304. The van der Waals surface area contributed by atoms with Crippen LogP contribution in [-0.2, 0) is 9.53 Å². The number of amides is 1. The summed E-state index contributed by atoms with van der Waals surface area (Å²) in [4.78, 5) is 13.0. The van der Waals surface area contributed by atoms with Crippen LogP contribution in [0, 0.1) is 12.8 Å². The van der Waals surface area contributed by atoms with Crippen LogP contribution in [0.15, 0.2) is 71.3 Å². The zero-order valence-corrected chi connectivity index (χ0v) is 16.4. The van der Waals surface area contributed by atoms with E-state index in [0.29, 0.717) is 24.0 Å². The van der Waals surface area contributed by atoms with Crippen molar-refractivity contribution in [1.82, 2.24) is 10.5 Å². The topological polar surface area (TPSA) is 76.4 Å². The minimum absolute atomic E-state index is 0.0429. The monoisotopic (exact) mass is 391 g/mol. The summed E-state index contributed by atoms with van der Waals surface area (Å²) in [5.74, 6) is 1.20. The first-order valence-electron chi connectivity index (χ1n) is 9.90. The van der Waals surface area contributed by atoms with E-state index in [1.807, 2.05) is 48.5 Å². The Morgan fingerprint density at radius 2 is 1.86 bits per heavy atom. The maximum absolute atomic E-state index is 13.0. The fourth-order valence-electron chi connectivity index (χ4n) is 3.75. The van der Waals surface area contributed by atoms with E-state index in [-0.39, 0.29) is 12.0 Å². The van der Waals surface area contributed by atoms with Gasteiger partial charge >= 0.3 is 0 Å². The summed E-state index contributed by atoms with van der Waals surface area (Å²) in [6.45, 7) is 3.19. The first kappa shape index (κ1) is 19.4. The molecule has 4 rings (SSSR count). The van der Waals surface area contributed by atoms with Gasteiger partial charge in [-0.1, -0.05) is 65.8 Å². The van der Waals surface area contributed by atoms with Gasteiger partial charge in [-0.15, -0.1) is 0 Å². The molecule has 6 nitrogen and oxygen atoms in total. The van der Waals surface area contributed by atoms with E-state index in [1.54, 1.807) is 13.0 Å². The van der Waals surface area contributed by atoms with Crippen molar-refractivity contribution < 1.29 is 14.1 Å². The number of rotatable bonds is 7. The molecule has 0 unspecified atom stereocenters. The highest BCUT2D eigenvalue weighted by Gasteiger charge is 2.31. The molecule has 2 N–H and O–H groups in total. The van der Waals surface area contributed by atoms with Crippen LogP contribution in [-0.4, -0.2) is 24.2 Å². The summed E-state index contributed by atoms with van der Waals surface area (Å²) in [6.07, 6.45) is 0.999. The fourth-order valence-corrected chi connectivity index (χ4v) is 3.75. The molecular formula is C23H25N3O3. The van der Waals surface area contributed by atoms with Gasteiger partial charge in [0.15, 0.2) is 5.82 Å². The van der Waals surface area contributed by atoms with Gasteiger partial charge in [-0.05, 0) is 24.5 Å². The molecule has 2 aromatic carbocycles. The van der Waals surface area contributed by atoms with Crippen molar-refractivity contribution in [2.45, 2.75) is 25.5 Å². The normalized spacial score (nSPS) is 19.8. The van der Waals surface area contributed by atoms with E-state index >= 15 is 0 Å². The molecule has 150 valence electrons. The standard InChI is InChI=1S/C23H25N3O3/c1-16-14-20(26-29-16)25-23(27)21(17-8-4-2-5-9-17)24-15-19-12-13-28-22(19)18-10-6-3-7-11-18/h2-11,14,19,21-22,24H,12-13,15H2,1H3,(H,25,26,27)/t19-,21-,22-/m1/s1. The van der Waals surface area contributed by atoms with Crippen molar-refractivity contribution >= 4 is 11.7 Å². The molecule has 0 spiro atoms. The van der Waals surface area contributed by atoms with Gasteiger partial charge in [0.25, 0.3) is 0 Å². The number of carbonyl (C=O) groups excluding carboxylic acids is 1. The van der Waals surface area contributed by atoms with Crippen LogP contribution in [0.25, 0.3) is 0 Å². The Morgan fingerprint density at radius 3 is 2.55 bits per heavy atom. The van der Waals surface area contributed by atoms with E-state index in [2.05, 4.69) is 27.9 Å². The Morgan fingerprint density at radius 1 is 1.14 bits per heavy atom. The highest BCUT2D eigenvalue weighted by atomic mass is 16.5. The minimum atomic E-state index is -0.495. The SMILES string of the molecule is Cc1cc(NC(=O)[C@H](NC[C@H]2CCO[C@@H]2c2ccccc2)c2ccccc2)no1. The number of hydrogen-bond donors (Lipinski definition) is 2. The van der Waals surface area contributed by atoms with E-state index in [0.717, 1.165) is 18.6 Å². The summed E-state index contributed by atoms with van der Waals surface area (Å²) in [5, 5.41) is 10.2. The van der Waals surface area contributed by atoms with Crippen LogP contribution in [0.4, 0.5) is 5.82 Å². The number of aromatic nitrogens is 1. The number of nitrogens with zero attached hydrogens (tertiary/aromatic N) is 1. The van der Waals surface area contributed by atoms with Crippen molar-refractivity contribution in [3.8, 4) is 0 Å². The molecule has 1 fully saturated rings. The first-order chi connectivity index (χ1) is 14.2. The molecule has 0 saturated carbocycles. The van der Waals surface area contributed by atoms with Gasteiger partial charge in [-0.3, -0.25) is 4.79 Å². The number of nitrogens with one attached hydrogen (secondary N) is 2. The third kappa shape index (κ3) is 4.72. The second kappa shape index (κ2) is 9.03. The van der Waals surface area contributed by atoms with Gasteiger partial charge in [0.2, 0.25) is 5.91 Å². The second-order valence-corrected chi connectivity index (χ2v) is 7.31. The minimum Gasteiger partial charge on any atom is -0.373 e. The highest BCUT2D eigenvalue weighted by Crippen LogP contribution is 2.34. The van der Waals surface area contributed by atoms with Gasteiger partial charge in [0.05, 0.1) is 6.10 Å². The molecule has 6 heteroatoms. The highest BCUT2D eigenvalue weighted by molar-refractivity contribution is 5.94. The van der Waals surface area contributed by atoms with Crippen molar-refractivity contribution in [3.63, 3.8) is 0 Å². The van der Waals surface area contributed by atoms with Gasteiger partial charge in [0, 0.05) is 25.1 Å².